The number of hydrogen-bond acceptors (Lipinski definition) is 3. The third-order valence-corrected chi connectivity index (χ3v) is 1.38. The molecule has 5 heteroatoms. The number of hydrogen-bond donors (Lipinski definition) is 3. The van der Waals surface area contributed by atoms with Crippen molar-refractivity contribution in [1.82, 2.24) is 0 Å². The predicted molar refractivity (Wildman–Crippen MR) is 57.7 cm³/mol. The molecule has 88 valence electrons. The van der Waals surface area contributed by atoms with E-state index in [2.05, 4.69) is 0 Å². The zero-order valence-electron chi connectivity index (χ0n) is 9.04. The lowest BCUT2D eigenvalue weighted by atomic mass is 10.1. The van der Waals surface area contributed by atoms with Crippen molar-refractivity contribution < 1.29 is 24.9 Å². The minimum Gasteiger partial charge on any atom is -0.478 e. The topological polar surface area (TPSA) is 94.8 Å². The van der Waals surface area contributed by atoms with Crippen molar-refractivity contribution in [2.24, 2.45) is 0 Å². The van der Waals surface area contributed by atoms with Crippen molar-refractivity contribution in [1.29, 1.82) is 0 Å². The fourth-order valence-corrected chi connectivity index (χ4v) is 0.755. The maximum absolute atomic E-state index is 10.3. The van der Waals surface area contributed by atoms with Gasteiger partial charge in [0.05, 0.1) is 11.1 Å². The first-order valence-corrected chi connectivity index (χ1v) is 4.59. The van der Waals surface area contributed by atoms with Crippen molar-refractivity contribution in [3.05, 3.63) is 35.4 Å². The highest BCUT2D eigenvalue weighted by molar-refractivity contribution is 5.91. The summed E-state index contributed by atoms with van der Waals surface area (Å²) in [5, 5.41) is 25.0. The van der Waals surface area contributed by atoms with Gasteiger partial charge in [-0.1, -0.05) is 0 Å². The van der Waals surface area contributed by atoms with Crippen molar-refractivity contribution in [3.8, 4) is 0 Å². The minimum atomic E-state index is -1.06. The van der Waals surface area contributed by atoms with E-state index in [0.29, 0.717) is 0 Å². The second kappa shape index (κ2) is 6.58. The number of rotatable bonds is 2. The monoisotopic (exact) mass is 226 g/mol. The van der Waals surface area contributed by atoms with Crippen LogP contribution in [0.2, 0.25) is 0 Å². The molecule has 0 fully saturated rings. The van der Waals surface area contributed by atoms with Gasteiger partial charge in [0.15, 0.2) is 0 Å². The van der Waals surface area contributed by atoms with Gasteiger partial charge in [-0.2, -0.15) is 0 Å². The zero-order chi connectivity index (χ0) is 12.7. The molecular weight excluding hydrogens is 212 g/mol. The van der Waals surface area contributed by atoms with Crippen molar-refractivity contribution in [2.45, 2.75) is 20.0 Å². The lowest BCUT2D eigenvalue weighted by Gasteiger charge is -1.94. The third kappa shape index (κ3) is 5.77. The number of carboxylic acids is 2. The molecular formula is C11H14O5. The Labute approximate surface area is 93.0 Å². The smallest absolute Gasteiger partial charge is 0.335 e. The molecule has 5 nitrogen and oxygen atoms in total. The van der Waals surface area contributed by atoms with E-state index in [1.807, 2.05) is 0 Å². The van der Waals surface area contributed by atoms with Gasteiger partial charge >= 0.3 is 11.9 Å². The molecule has 0 aliphatic carbocycles. The van der Waals surface area contributed by atoms with Gasteiger partial charge in [0.2, 0.25) is 0 Å². The largest absolute Gasteiger partial charge is 0.478 e. The van der Waals surface area contributed by atoms with E-state index in [4.69, 9.17) is 15.3 Å². The zero-order valence-corrected chi connectivity index (χ0v) is 9.04. The second-order valence-electron chi connectivity index (χ2n) is 3.28. The molecule has 3 N–H and O–H groups in total. The van der Waals surface area contributed by atoms with E-state index in [1.165, 1.54) is 24.3 Å². The molecule has 16 heavy (non-hydrogen) atoms. The minimum absolute atomic E-state index is 0.0833. The Morgan fingerprint density at radius 1 is 0.938 bits per heavy atom. The maximum atomic E-state index is 10.3. The lowest BCUT2D eigenvalue weighted by molar-refractivity contribution is 0.0681. The van der Waals surface area contributed by atoms with Gasteiger partial charge in [-0.05, 0) is 38.1 Å². The van der Waals surface area contributed by atoms with Crippen molar-refractivity contribution in [3.63, 3.8) is 0 Å². The Morgan fingerprint density at radius 3 is 1.25 bits per heavy atom. The van der Waals surface area contributed by atoms with Crippen LogP contribution >= 0.6 is 0 Å². The van der Waals surface area contributed by atoms with Crippen LogP contribution in [-0.2, 0) is 0 Å². The van der Waals surface area contributed by atoms with Gasteiger partial charge in [-0.25, -0.2) is 9.59 Å². The molecule has 1 rings (SSSR count). The Kier molecular flexibility index (Phi) is 5.80. The van der Waals surface area contributed by atoms with Gasteiger partial charge < -0.3 is 15.3 Å². The van der Waals surface area contributed by atoms with E-state index >= 15 is 0 Å². The molecule has 1 aromatic rings. The molecule has 0 heterocycles. The van der Waals surface area contributed by atoms with Gasteiger partial charge in [0.1, 0.15) is 0 Å². The van der Waals surface area contributed by atoms with E-state index in [0.717, 1.165) is 0 Å². The van der Waals surface area contributed by atoms with Crippen LogP contribution in [0.4, 0.5) is 0 Å². The van der Waals surface area contributed by atoms with Gasteiger partial charge in [-0.15, -0.1) is 0 Å². The number of aliphatic hydroxyl groups is 1. The van der Waals surface area contributed by atoms with E-state index < -0.39 is 11.9 Å². The number of carboxylic acid groups (broad SMARTS) is 2. The SMILES string of the molecule is CC(C)O.O=C(O)c1ccc(C(=O)O)cc1. The highest BCUT2D eigenvalue weighted by Gasteiger charge is 2.04. The summed E-state index contributed by atoms with van der Waals surface area (Å²) in [6, 6.07) is 5.02. The summed E-state index contributed by atoms with van der Waals surface area (Å²) in [5.74, 6) is -2.13. The first-order valence-electron chi connectivity index (χ1n) is 4.59. The molecule has 0 spiro atoms. The average Bonchev–Trinajstić information content (AvgIpc) is 2.17. The van der Waals surface area contributed by atoms with Gasteiger partial charge in [0, 0.05) is 6.10 Å². The Morgan fingerprint density at radius 2 is 1.12 bits per heavy atom. The first-order chi connectivity index (χ1) is 7.34. The molecule has 0 amide bonds. The second-order valence-corrected chi connectivity index (χ2v) is 3.28. The van der Waals surface area contributed by atoms with Crippen LogP contribution in [0.25, 0.3) is 0 Å². The molecule has 0 radical (unpaired) electrons. The molecule has 0 unspecified atom stereocenters. The number of aliphatic hydroxyl groups excluding tert-OH is 1. The molecule has 0 atom stereocenters. The van der Waals surface area contributed by atoms with E-state index in [-0.39, 0.29) is 17.2 Å². The molecule has 0 aromatic heterocycles. The summed E-state index contributed by atoms with van der Waals surface area (Å²) < 4.78 is 0. The standard InChI is InChI=1S/C8H6O4.C3H8O/c9-7(10)5-1-2-6(4-3-5)8(11)12;1-3(2)4/h1-4H,(H,9,10)(H,11,12);3-4H,1-2H3. The number of benzene rings is 1. The van der Waals surface area contributed by atoms with E-state index in [9.17, 15) is 9.59 Å². The maximum Gasteiger partial charge on any atom is 0.335 e. The molecule has 0 aliphatic heterocycles. The molecule has 0 saturated heterocycles. The predicted octanol–water partition coefficient (Wildman–Crippen LogP) is 1.47. The third-order valence-electron chi connectivity index (χ3n) is 1.38. The highest BCUT2D eigenvalue weighted by atomic mass is 16.4. The number of aromatic carboxylic acids is 2. The van der Waals surface area contributed by atoms with Crippen molar-refractivity contribution >= 4 is 11.9 Å². The summed E-state index contributed by atoms with van der Waals surface area (Å²) >= 11 is 0. The molecule has 1 aromatic carbocycles. The fourth-order valence-electron chi connectivity index (χ4n) is 0.755. The summed E-state index contributed by atoms with van der Waals surface area (Å²) in [6.07, 6.45) is -0.167. The Hall–Kier alpha value is -1.88. The average molecular weight is 226 g/mol. The molecule has 0 saturated carbocycles. The summed E-state index contributed by atoms with van der Waals surface area (Å²) in [7, 11) is 0. The summed E-state index contributed by atoms with van der Waals surface area (Å²) in [6.45, 7) is 3.44. The summed E-state index contributed by atoms with van der Waals surface area (Å²) in [5.41, 5.74) is 0.167. The Bertz CT molecular complexity index is 317. The lowest BCUT2D eigenvalue weighted by Crippen LogP contribution is -1.99. The number of carbonyl (C=O) groups is 2. The molecule has 0 aliphatic rings. The normalized spacial score (nSPS) is 9.25. The van der Waals surface area contributed by atoms with Crippen LogP contribution in [-0.4, -0.2) is 33.4 Å². The Balaban J connectivity index is 0.000000487. The molecule has 0 bridgehead atoms. The highest BCUT2D eigenvalue weighted by Crippen LogP contribution is 2.03. The van der Waals surface area contributed by atoms with Crippen LogP contribution in [0.5, 0.6) is 0 Å². The van der Waals surface area contributed by atoms with Crippen LogP contribution in [0, 0.1) is 0 Å². The summed E-state index contributed by atoms with van der Waals surface area (Å²) in [4.78, 5) is 20.7. The van der Waals surface area contributed by atoms with Crippen LogP contribution in [0.15, 0.2) is 24.3 Å². The van der Waals surface area contributed by atoms with Crippen LogP contribution < -0.4 is 0 Å². The van der Waals surface area contributed by atoms with Crippen LogP contribution in [0.1, 0.15) is 34.6 Å². The van der Waals surface area contributed by atoms with Gasteiger partial charge in [-0.3, -0.25) is 0 Å². The van der Waals surface area contributed by atoms with Crippen molar-refractivity contribution in [2.75, 3.05) is 0 Å². The van der Waals surface area contributed by atoms with Gasteiger partial charge in [0.25, 0.3) is 0 Å². The first kappa shape index (κ1) is 14.1. The van der Waals surface area contributed by atoms with Crippen LogP contribution in [0.3, 0.4) is 0 Å². The fraction of sp³-hybridized carbons (Fsp3) is 0.273. The van der Waals surface area contributed by atoms with E-state index in [1.54, 1.807) is 13.8 Å². The quantitative estimate of drug-likeness (QED) is 0.709.